The Hall–Kier alpha value is -3.28. The SMILES string of the molecule is Cc1ccc(-c2c[n+](CC(=O)Nc3ccc4c(c3)OCO4)c3n2CCC3)cc1. The Morgan fingerprint density at radius 2 is 1.96 bits per heavy atom. The van der Waals surface area contributed by atoms with Crippen LogP contribution in [0.25, 0.3) is 11.3 Å². The molecular formula is C22H22N3O3+. The number of imidazole rings is 1. The van der Waals surface area contributed by atoms with Crippen molar-refractivity contribution in [2.24, 2.45) is 0 Å². The molecule has 0 unspecified atom stereocenters. The van der Waals surface area contributed by atoms with Crippen molar-refractivity contribution >= 4 is 11.6 Å². The standard InChI is InChI=1S/C22H21N3O3/c1-15-4-6-16(7-5-15)18-12-24(22-3-2-10-25(18)22)13-21(26)23-17-8-9-19-20(11-17)28-14-27-19/h4-9,11-12H,2-3,10,13-14H2,1H3/p+1. The van der Waals surface area contributed by atoms with Gasteiger partial charge >= 0.3 is 0 Å². The molecule has 2 aliphatic rings. The molecule has 6 nitrogen and oxygen atoms in total. The number of carbonyl (C=O) groups excluding carboxylic acids is 1. The second-order valence-electron chi connectivity index (χ2n) is 7.30. The summed E-state index contributed by atoms with van der Waals surface area (Å²) in [6, 6.07) is 14.0. The van der Waals surface area contributed by atoms with Crippen molar-refractivity contribution in [3.63, 3.8) is 0 Å². The summed E-state index contributed by atoms with van der Waals surface area (Å²) in [7, 11) is 0. The van der Waals surface area contributed by atoms with Gasteiger partial charge in [0, 0.05) is 17.3 Å². The van der Waals surface area contributed by atoms with E-state index in [0.29, 0.717) is 17.2 Å². The lowest BCUT2D eigenvalue weighted by Gasteiger charge is -2.05. The predicted octanol–water partition coefficient (Wildman–Crippen LogP) is 3.06. The molecule has 6 heteroatoms. The van der Waals surface area contributed by atoms with E-state index in [1.807, 2.05) is 12.1 Å². The molecule has 142 valence electrons. The number of hydrogen-bond acceptors (Lipinski definition) is 3. The van der Waals surface area contributed by atoms with Gasteiger partial charge in [-0.1, -0.05) is 29.8 Å². The molecule has 3 aromatic rings. The van der Waals surface area contributed by atoms with Crippen LogP contribution in [0.3, 0.4) is 0 Å². The van der Waals surface area contributed by atoms with E-state index >= 15 is 0 Å². The molecule has 0 saturated carbocycles. The van der Waals surface area contributed by atoms with Crippen LogP contribution in [0.2, 0.25) is 0 Å². The Bertz CT molecular complexity index is 1050. The highest BCUT2D eigenvalue weighted by atomic mass is 16.7. The first kappa shape index (κ1) is 16.9. The first-order chi connectivity index (χ1) is 13.7. The van der Waals surface area contributed by atoms with E-state index in [-0.39, 0.29) is 19.2 Å². The lowest BCUT2D eigenvalue weighted by Crippen LogP contribution is -2.42. The summed E-state index contributed by atoms with van der Waals surface area (Å²) in [4.78, 5) is 12.7. The molecule has 0 aliphatic carbocycles. The van der Waals surface area contributed by atoms with Crippen LogP contribution in [0.15, 0.2) is 48.7 Å². The number of amides is 1. The van der Waals surface area contributed by atoms with Crippen LogP contribution in [0.1, 0.15) is 17.8 Å². The smallest absolute Gasteiger partial charge is 0.266 e. The summed E-state index contributed by atoms with van der Waals surface area (Å²) in [6.45, 7) is 3.60. The van der Waals surface area contributed by atoms with Gasteiger partial charge in [0.15, 0.2) is 23.7 Å². The number of benzene rings is 2. The average molecular weight is 376 g/mol. The summed E-state index contributed by atoms with van der Waals surface area (Å²) in [5, 5.41) is 2.96. The quantitative estimate of drug-likeness (QED) is 0.712. The summed E-state index contributed by atoms with van der Waals surface area (Å²) in [6.07, 6.45) is 4.19. The third kappa shape index (κ3) is 3.01. The molecule has 5 rings (SSSR count). The van der Waals surface area contributed by atoms with Crippen molar-refractivity contribution in [1.29, 1.82) is 0 Å². The molecule has 0 fully saturated rings. The summed E-state index contributed by atoms with van der Waals surface area (Å²) in [5.74, 6) is 2.52. The Labute approximate surface area is 163 Å². The van der Waals surface area contributed by atoms with Crippen molar-refractivity contribution in [3.8, 4) is 22.8 Å². The van der Waals surface area contributed by atoms with E-state index in [1.165, 1.54) is 22.6 Å². The number of carbonyl (C=O) groups is 1. The molecule has 28 heavy (non-hydrogen) atoms. The first-order valence-electron chi connectivity index (χ1n) is 9.56. The summed E-state index contributed by atoms with van der Waals surface area (Å²) in [5.41, 5.74) is 4.31. The van der Waals surface area contributed by atoms with Crippen LogP contribution in [0.5, 0.6) is 11.5 Å². The van der Waals surface area contributed by atoms with Gasteiger partial charge in [-0.15, -0.1) is 0 Å². The van der Waals surface area contributed by atoms with E-state index in [0.717, 1.165) is 19.4 Å². The number of hydrogen-bond donors (Lipinski definition) is 1. The minimum absolute atomic E-state index is 0.0559. The number of anilines is 1. The monoisotopic (exact) mass is 376 g/mol. The Morgan fingerprint density at radius 3 is 2.82 bits per heavy atom. The maximum absolute atomic E-state index is 12.7. The topological polar surface area (TPSA) is 56.4 Å². The molecular weight excluding hydrogens is 354 g/mol. The number of aryl methyl sites for hydroxylation is 1. The Morgan fingerprint density at radius 1 is 1.14 bits per heavy atom. The lowest BCUT2D eigenvalue weighted by molar-refractivity contribution is -0.690. The number of rotatable bonds is 4. The van der Waals surface area contributed by atoms with E-state index in [4.69, 9.17) is 9.47 Å². The second-order valence-corrected chi connectivity index (χ2v) is 7.30. The van der Waals surface area contributed by atoms with E-state index in [1.54, 1.807) is 6.07 Å². The highest BCUT2D eigenvalue weighted by Crippen LogP contribution is 2.34. The number of aromatic nitrogens is 2. The van der Waals surface area contributed by atoms with Gasteiger partial charge < -0.3 is 14.8 Å². The third-order valence-electron chi connectivity index (χ3n) is 5.31. The van der Waals surface area contributed by atoms with Crippen LogP contribution in [-0.2, 0) is 24.3 Å². The van der Waals surface area contributed by atoms with E-state index in [2.05, 4.69) is 51.8 Å². The molecule has 0 saturated heterocycles. The van der Waals surface area contributed by atoms with Gasteiger partial charge in [-0.3, -0.25) is 4.79 Å². The Balaban J connectivity index is 1.37. The van der Waals surface area contributed by atoms with Crippen molar-refractivity contribution < 1.29 is 18.8 Å². The fourth-order valence-corrected chi connectivity index (χ4v) is 3.93. The number of ether oxygens (including phenoxy) is 2. The van der Waals surface area contributed by atoms with Crippen molar-refractivity contribution in [2.75, 3.05) is 12.1 Å². The molecule has 1 amide bonds. The van der Waals surface area contributed by atoms with Crippen LogP contribution in [0, 0.1) is 6.92 Å². The molecule has 3 heterocycles. The van der Waals surface area contributed by atoms with Gasteiger partial charge in [0.25, 0.3) is 11.7 Å². The fourth-order valence-electron chi connectivity index (χ4n) is 3.93. The molecule has 1 aromatic heterocycles. The number of fused-ring (bicyclic) bond motifs is 2. The normalized spacial score (nSPS) is 14.2. The maximum atomic E-state index is 12.7. The van der Waals surface area contributed by atoms with Crippen LogP contribution in [-0.4, -0.2) is 17.3 Å². The van der Waals surface area contributed by atoms with Gasteiger partial charge in [-0.25, -0.2) is 9.13 Å². The average Bonchev–Trinajstić information content (AvgIpc) is 3.40. The van der Waals surface area contributed by atoms with Gasteiger partial charge in [0.05, 0.1) is 13.0 Å². The van der Waals surface area contributed by atoms with E-state index < -0.39 is 0 Å². The van der Waals surface area contributed by atoms with Gasteiger partial charge in [0.2, 0.25) is 6.79 Å². The van der Waals surface area contributed by atoms with Crippen LogP contribution >= 0.6 is 0 Å². The van der Waals surface area contributed by atoms with Crippen molar-refractivity contribution in [3.05, 3.63) is 60.0 Å². The maximum Gasteiger partial charge on any atom is 0.266 e. The van der Waals surface area contributed by atoms with Gasteiger partial charge in [-0.05, 0) is 25.5 Å². The molecule has 2 aromatic carbocycles. The van der Waals surface area contributed by atoms with Crippen molar-refractivity contribution in [1.82, 2.24) is 4.57 Å². The van der Waals surface area contributed by atoms with Crippen LogP contribution < -0.4 is 19.4 Å². The first-order valence-corrected chi connectivity index (χ1v) is 9.56. The molecule has 0 bridgehead atoms. The second kappa shape index (κ2) is 6.71. The zero-order chi connectivity index (χ0) is 19.1. The predicted molar refractivity (Wildman–Crippen MR) is 104 cm³/mol. The molecule has 0 spiro atoms. The largest absolute Gasteiger partial charge is 0.454 e. The van der Waals surface area contributed by atoms with Crippen LogP contribution in [0.4, 0.5) is 5.69 Å². The molecule has 2 aliphatic heterocycles. The minimum atomic E-state index is -0.0559. The van der Waals surface area contributed by atoms with Gasteiger partial charge in [-0.2, -0.15) is 0 Å². The molecule has 1 N–H and O–H groups in total. The summed E-state index contributed by atoms with van der Waals surface area (Å²) < 4.78 is 15.1. The molecule has 0 radical (unpaired) electrons. The van der Waals surface area contributed by atoms with Gasteiger partial charge in [0.1, 0.15) is 6.20 Å². The molecule has 0 atom stereocenters. The van der Waals surface area contributed by atoms with E-state index in [9.17, 15) is 4.79 Å². The minimum Gasteiger partial charge on any atom is -0.454 e. The Kier molecular flexibility index (Phi) is 4.04. The lowest BCUT2D eigenvalue weighted by atomic mass is 10.1. The number of nitrogens with zero attached hydrogens (tertiary/aromatic N) is 2. The zero-order valence-electron chi connectivity index (χ0n) is 15.8. The summed E-state index contributed by atoms with van der Waals surface area (Å²) >= 11 is 0. The highest BCUT2D eigenvalue weighted by molar-refractivity contribution is 5.90. The fraction of sp³-hybridized carbons (Fsp3) is 0.273. The number of nitrogens with one attached hydrogen (secondary N) is 1. The zero-order valence-corrected chi connectivity index (χ0v) is 15.8. The third-order valence-corrected chi connectivity index (χ3v) is 5.31. The highest BCUT2D eigenvalue weighted by Gasteiger charge is 2.29. The van der Waals surface area contributed by atoms with Crippen molar-refractivity contribution in [2.45, 2.75) is 32.9 Å².